The SMILES string of the molecule is CC(NCCSCCCO)C(C)(C)O. The molecular weight excluding hydrogens is 198 g/mol. The number of aliphatic hydroxyl groups is 2. The molecule has 4 heteroatoms. The van der Waals surface area contributed by atoms with E-state index in [1.807, 2.05) is 32.5 Å². The Kier molecular flexibility index (Phi) is 7.64. The quantitative estimate of drug-likeness (QED) is 0.532. The summed E-state index contributed by atoms with van der Waals surface area (Å²) in [5, 5.41) is 21.4. The minimum atomic E-state index is -0.657. The summed E-state index contributed by atoms with van der Waals surface area (Å²) in [4.78, 5) is 0. The molecule has 0 amide bonds. The van der Waals surface area contributed by atoms with Crippen LogP contribution in [0.1, 0.15) is 27.2 Å². The van der Waals surface area contributed by atoms with Gasteiger partial charge >= 0.3 is 0 Å². The van der Waals surface area contributed by atoms with Crippen LogP contribution in [0.3, 0.4) is 0 Å². The molecule has 0 aromatic rings. The maximum Gasteiger partial charge on any atom is 0.0741 e. The first-order valence-electron chi connectivity index (χ1n) is 5.13. The fourth-order valence-corrected chi connectivity index (χ4v) is 1.67. The Balaban J connectivity index is 3.28. The van der Waals surface area contributed by atoms with E-state index in [-0.39, 0.29) is 12.6 Å². The van der Waals surface area contributed by atoms with Gasteiger partial charge < -0.3 is 15.5 Å². The van der Waals surface area contributed by atoms with Crippen molar-refractivity contribution in [2.24, 2.45) is 0 Å². The predicted molar refractivity (Wildman–Crippen MR) is 62.8 cm³/mol. The molecule has 3 N–H and O–H groups in total. The van der Waals surface area contributed by atoms with Gasteiger partial charge in [-0.15, -0.1) is 0 Å². The molecule has 0 saturated heterocycles. The highest BCUT2D eigenvalue weighted by Gasteiger charge is 2.20. The Morgan fingerprint density at radius 2 is 2.00 bits per heavy atom. The minimum absolute atomic E-state index is 0.112. The van der Waals surface area contributed by atoms with E-state index in [4.69, 9.17) is 5.11 Å². The van der Waals surface area contributed by atoms with Gasteiger partial charge in [0.2, 0.25) is 0 Å². The van der Waals surface area contributed by atoms with Crippen molar-refractivity contribution in [1.82, 2.24) is 5.32 Å². The molecule has 1 unspecified atom stereocenters. The Morgan fingerprint density at radius 3 is 2.50 bits per heavy atom. The maximum atomic E-state index is 9.62. The van der Waals surface area contributed by atoms with Crippen LogP contribution >= 0.6 is 11.8 Å². The van der Waals surface area contributed by atoms with Crippen LogP contribution in [0.5, 0.6) is 0 Å². The van der Waals surface area contributed by atoms with Gasteiger partial charge in [0.05, 0.1) is 5.60 Å². The molecule has 0 aliphatic rings. The highest BCUT2D eigenvalue weighted by atomic mass is 32.2. The molecule has 14 heavy (non-hydrogen) atoms. The molecule has 3 nitrogen and oxygen atoms in total. The van der Waals surface area contributed by atoms with Gasteiger partial charge in [-0.3, -0.25) is 0 Å². The fraction of sp³-hybridized carbons (Fsp3) is 1.00. The molecular formula is C10H23NO2S. The summed E-state index contributed by atoms with van der Waals surface area (Å²) >= 11 is 1.83. The van der Waals surface area contributed by atoms with Crippen LogP contribution in [-0.2, 0) is 0 Å². The molecule has 0 heterocycles. The lowest BCUT2D eigenvalue weighted by Crippen LogP contribution is -2.45. The second kappa shape index (κ2) is 7.51. The number of hydrogen-bond donors (Lipinski definition) is 3. The van der Waals surface area contributed by atoms with Crippen molar-refractivity contribution in [2.45, 2.75) is 38.8 Å². The van der Waals surface area contributed by atoms with Crippen molar-refractivity contribution in [2.75, 3.05) is 24.7 Å². The third kappa shape index (κ3) is 7.62. The van der Waals surface area contributed by atoms with Crippen LogP contribution in [0.4, 0.5) is 0 Å². The molecule has 0 aromatic heterocycles. The molecule has 0 bridgehead atoms. The van der Waals surface area contributed by atoms with Gasteiger partial charge in [0.25, 0.3) is 0 Å². The van der Waals surface area contributed by atoms with E-state index in [0.717, 1.165) is 24.5 Å². The first kappa shape index (κ1) is 14.2. The normalized spacial score (nSPS) is 14.4. The van der Waals surface area contributed by atoms with Crippen LogP contribution in [0.2, 0.25) is 0 Å². The van der Waals surface area contributed by atoms with Gasteiger partial charge in [-0.1, -0.05) is 0 Å². The highest BCUT2D eigenvalue weighted by Crippen LogP contribution is 2.07. The smallest absolute Gasteiger partial charge is 0.0741 e. The average molecular weight is 221 g/mol. The van der Waals surface area contributed by atoms with Crippen molar-refractivity contribution < 1.29 is 10.2 Å². The van der Waals surface area contributed by atoms with Crippen molar-refractivity contribution in [3.8, 4) is 0 Å². The first-order chi connectivity index (χ1) is 6.48. The monoisotopic (exact) mass is 221 g/mol. The summed E-state index contributed by atoms with van der Waals surface area (Å²) in [6.45, 7) is 6.79. The molecule has 0 radical (unpaired) electrons. The van der Waals surface area contributed by atoms with Gasteiger partial charge in [0.1, 0.15) is 0 Å². The zero-order valence-corrected chi connectivity index (χ0v) is 10.2. The molecule has 0 saturated carbocycles. The number of hydrogen-bond acceptors (Lipinski definition) is 4. The Hall–Kier alpha value is 0.230. The predicted octanol–water partition coefficient (Wildman–Crippen LogP) is 0.851. The summed E-state index contributed by atoms with van der Waals surface area (Å²) < 4.78 is 0. The molecule has 0 aliphatic heterocycles. The number of aliphatic hydroxyl groups excluding tert-OH is 1. The van der Waals surface area contributed by atoms with Crippen molar-refractivity contribution in [3.05, 3.63) is 0 Å². The largest absolute Gasteiger partial charge is 0.396 e. The van der Waals surface area contributed by atoms with E-state index in [2.05, 4.69) is 5.32 Å². The lowest BCUT2D eigenvalue weighted by atomic mass is 10.0. The second-order valence-corrected chi connectivity index (χ2v) is 5.24. The van der Waals surface area contributed by atoms with Gasteiger partial charge in [-0.05, 0) is 32.9 Å². The van der Waals surface area contributed by atoms with E-state index < -0.39 is 5.60 Å². The summed E-state index contributed by atoms with van der Waals surface area (Å²) in [7, 11) is 0. The second-order valence-electron chi connectivity index (χ2n) is 4.02. The zero-order valence-electron chi connectivity index (χ0n) is 9.42. The Bertz CT molecular complexity index is 137. The fourth-order valence-electron chi connectivity index (χ4n) is 0.866. The molecule has 0 spiro atoms. The average Bonchev–Trinajstić information content (AvgIpc) is 2.09. The van der Waals surface area contributed by atoms with Gasteiger partial charge in [-0.25, -0.2) is 0 Å². The Morgan fingerprint density at radius 1 is 1.36 bits per heavy atom. The third-order valence-corrected chi connectivity index (χ3v) is 3.27. The van der Waals surface area contributed by atoms with Gasteiger partial charge in [0, 0.05) is 24.9 Å². The van der Waals surface area contributed by atoms with Gasteiger partial charge in [0.15, 0.2) is 0 Å². The molecule has 0 rings (SSSR count). The van der Waals surface area contributed by atoms with Crippen LogP contribution in [0, 0.1) is 0 Å². The lowest BCUT2D eigenvalue weighted by molar-refractivity contribution is 0.0452. The summed E-state index contributed by atoms with van der Waals surface area (Å²) in [5.41, 5.74) is -0.657. The van der Waals surface area contributed by atoms with E-state index in [1.54, 1.807) is 0 Å². The van der Waals surface area contributed by atoms with Crippen LogP contribution in [0.15, 0.2) is 0 Å². The third-order valence-electron chi connectivity index (χ3n) is 2.20. The van der Waals surface area contributed by atoms with Crippen LogP contribution in [0.25, 0.3) is 0 Å². The summed E-state index contributed by atoms with van der Waals surface area (Å²) in [6.07, 6.45) is 0.867. The van der Waals surface area contributed by atoms with Crippen LogP contribution < -0.4 is 5.32 Å². The zero-order chi connectivity index (χ0) is 11.0. The number of rotatable bonds is 8. The lowest BCUT2D eigenvalue weighted by Gasteiger charge is -2.26. The standard InChI is InChI=1S/C10H23NO2S/c1-9(10(2,3)13)11-5-8-14-7-4-6-12/h9,11-13H,4-8H2,1-3H3. The van der Waals surface area contributed by atoms with Crippen LogP contribution in [-0.4, -0.2) is 46.5 Å². The number of nitrogens with one attached hydrogen (secondary N) is 1. The maximum absolute atomic E-state index is 9.62. The van der Waals surface area contributed by atoms with Gasteiger partial charge in [-0.2, -0.15) is 11.8 Å². The number of thioether (sulfide) groups is 1. The molecule has 86 valence electrons. The van der Waals surface area contributed by atoms with Crippen molar-refractivity contribution in [1.29, 1.82) is 0 Å². The summed E-state index contributed by atoms with van der Waals surface area (Å²) in [5.74, 6) is 2.04. The first-order valence-corrected chi connectivity index (χ1v) is 6.28. The van der Waals surface area contributed by atoms with E-state index >= 15 is 0 Å². The highest BCUT2D eigenvalue weighted by molar-refractivity contribution is 7.99. The molecule has 0 aliphatic carbocycles. The van der Waals surface area contributed by atoms with E-state index in [9.17, 15) is 5.11 Å². The molecule has 0 fully saturated rings. The molecule has 1 atom stereocenters. The minimum Gasteiger partial charge on any atom is -0.396 e. The van der Waals surface area contributed by atoms with Crippen molar-refractivity contribution in [3.63, 3.8) is 0 Å². The summed E-state index contributed by atoms with van der Waals surface area (Å²) in [6, 6.07) is 0.112. The van der Waals surface area contributed by atoms with E-state index in [1.165, 1.54) is 0 Å². The Labute approximate surface area is 91.3 Å². The van der Waals surface area contributed by atoms with Crippen molar-refractivity contribution >= 4 is 11.8 Å². The molecule has 0 aromatic carbocycles. The topological polar surface area (TPSA) is 52.5 Å². The van der Waals surface area contributed by atoms with E-state index in [0.29, 0.717) is 0 Å².